The Morgan fingerprint density at radius 2 is 1.62 bits per heavy atom. The van der Waals surface area contributed by atoms with E-state index in [1.807, 2.05) is 24.3 Å². The summed E-state index contributed by atoms with van der Waals surface area (Å²) in [7, 11) is 0. The number of carboxylic acid groups (broad SMARTS) is 1. The molecule has 0 unspecified atom stereocenters. The molecule has 1 aromatic carbocycles. The Hall–Kier alpha value is -3.40. The molecule has 10 heteroatoms. The van der Waals surface area contributed by atoms with Gasteiger partial charge < -0.3 is 15.7 Å². The van der Waals surface area contributed by atoms with Crippen molar-refractivity contribution in [1.82, 2.24) is 25.6 Å². The summed E-state index contributed by atoms with van der Waals surface area (Å²) < 4.78 is 0.912. The predicted molar refractivity (Wildman–Crippen MR) is 93.3 cm³/mol. The molecule has 0 atom stereocenters. The number of carbonyl (C=O) groups is 3. The number of hydrogen-bond donors (Lipinski definition) is 3. The average molecular weight is 371 g/mol. The van der Waals surface area contributed by atoms with Gasteiger partial charge in [-0.2, -0.15) is 0 Å². The number of para-hydroxylation sites is 1. The molecule has 26 heavy (non-hydrogen) atoms. The Morgan fingerprint density at radius 3 is 2.31 bits per heavy atom. The van der Waals surface area contributed by atoms with Crippen LogP contribution in [0.3, 0.4) is 0 Å². The molecule has 0 spiro atoms. The normalized spacial score (nSPS) is 10.5. The lowest BCUT2D eigenvalue weighted by Gasteiger charge is -2.06. The Balaban J connectivity index is 1.53. The van der Waals surface area contributed by atoms with Crippen molar-refractivity contribution in [2.24, 2.45) is 0 Å². The number of fused-ring (bicyclic) bond motifs is 1. The van der Waals surface area contributed by atoms with Crippen molar-refractivity contribution in [2.75, 3.05) is 13.1 Å². The van der Waals surface area contributed by atoms with Crippen LogP contribution >= 0.6 is 11.3 Å². The zero-order chi connectivity index (χ0) is 18.5. The monoisotopic (exact) mass is 371 g/mol. The number of amides is 2. The molecule has 3 rings (SSSR count). The van der Waals surface area contributed by atoms with E-state index >= 15 is 0 Å². The van der Waals surface area contributed by atoms with Crippen LogP contribution < -0.4 is 10.6 Å². The number of benzene rings is 1. The SMILES string of the molecule is O=C(NCCNC(=O)c1nccnc1C(=O)O)c1nc2ccccc2s1. The van der Waals surface area contributed by atoms with E-state index in [0.717, 1.165) is 10.2 Å². The van der Waals surface area contributed by atoms with Gasteiger partial charge in [-0.05, 0) is 12.1 Å². The zero-order valence-electron chi connectivity index (χ0n) is 13.3. The second kappa shape index (κ2) is 7.66. The number of nitrogens with one attached hydrogen (secondary N) is 2. The van der Waals surface area contributed by atoms with E-state index in [4.69, 9.17) is 5.11 Å². The molecule has 0 radical (unpaired) electrons. The van der Waals surface area contributed by atoms with E-state index in [1.54, 1.807) is 0 Å². The number of aromatic carboxylic acids is 1. The molecular weight excluding hydrogens is 358 g/mol. The van der Waals surface area contributed by atoms with Gasteiger partial charge in [-0.15, -0.1) is 11.3 Å². The van der Waals surface area contributed by atoms with Crippen molar-refractivity contribution < 1.29 is 19.5 Å². The lowest BCUT2D eigenvalue weighted by atomic mass is 10.3. The molecule has 9 nitrogen and oxygen atoms in total. The van der Waals surface area contributed by atoms with E-state index in [9.17, 15) is 14.4 Å². The molecule has 0 bridgehead atoms. The van der Waals surface area contributed by atoms with Gasteiger partial charge in [-0.3, -0.25) is 9.59 Å². The van der Waals surface area contributed by atoms with Gasteiger partial charge in [0.1, 0.15) is 0 Å². The van der Waals surface area contributed by atoms with E-state index in [-0.39, 0.29) is 24.7 Å². The highest BCUT2D eigenvalue weighted by molar-refractivity contribution is 7.20. The van der Waals surface area contributed by atoms with E-state index in [1.165, 1.54) is 23.7 Å². The Labute approximate surface area is 151 Å². The van der Waals surface area contributed by atoms with Crippen molar-refractivity contribution in [3.8, 4) is 0 Å². The van der Waals surface area contributed by atoms with Gasteiger partial charge in [0, 0.05) is 25.5 Å². The zero-order valence-corrected chi connectivity index (χ0v) is 14.1. The van der Waals surface area contributed by atoms with Gasteiger partial charge in [-0.25, -0.2) is 19.7 Å². The van der Waals surface area contributed by atoms with Crippen LogP contribution in [-0.4, -0.2) is 50.9 Å². The molecule has 3 N–H and O–H groups in total. The van der Waals surface area contributed by atoms with E-state index in [2.05, 4.69) is 25.6 Å². The Bertz CT molecular complexity index is 954. The van der Waals surface area contributed by atoms with Crippen molar-refractivity contribution in [3.63, 3.8) is 0 Å². The minimum Gasteiger partial charge on any atom is -0.476 e. The van der Waals surface area contributed by atoms with Crippen molar-refractivity contribution in [2.45, 2.75) is 0 Å². The minimum absolute atomic E-state index is 0.102. The molecule has 2 amide bonds. The van der Waals surface area contributed by atoms with Crippen molar-refractivity contribution in [3.05, 3.63) is 53.1 Å². The summed E-state index contributed by atoms with van der Waals surface area (Å²) in [5.74, 6) is -2.36. The van der Waals surface area contributed by atoms with Crippen LogP contribution in [0.1, 0.15) is 30.8 Å². The summed E-state index contributed by atoms with van der Waals surface area (Å²) in [6.45, 7) is 0.258. The highest BCUT2D eigenvalue weighted by atomic mass is 32.1. The second-order valence-corrected chi connectivity index (χ2v) is 6.09. The standard InChI is InChI=1S/C16H13N5O4S/c22-13(11-12(16(24)25)18-6-5-17-11)19-7-8-20-14(23)15-21-9-3-1-2-4-10(9)26-15/h1-6H,7-8H2,(H,19,22)(H,20,23)(H,24,25). The first-order valence-corrected chi connectivity index (χ1v) is 8.34. The van der Waals surface area contributed by atoms with Crippen LogP contribution in [-0.2, 0) is 0 Å². The van der Waals surface area contributed by atoms with Crippen molar-refractivity contribution >= 4 is 39.3 Å². The summed E-state index contributed by atoms with van der Waals surface area (Å²) in [6, 6.07) is 7.42. The van der Waals surface area contributed by atoms with Crippen molar-refractivity contribution in [1.29, 1.82) is 0 Å². The molecule has 0 saturated heterocycles. The summed E-state index contributed by atoms with van der Waals surface area (Å²) in [5, 5.41) is 14.5. The number of carboxylic acids is 1. The van der Waals surface area contributed by atoms with Gasteiger partial charge in [0.05, 0.1) is 10.2 Å². The molecule has 2 heterocycles. The number of aromatic nitrogens is 3. The molecule has 3 aromatic rings. The highest BCUT2D eigenvalue weighted by Crippen LogP contribution is 2.21. The lowest BCUT2D eigenvalue weighted by molar-refractivity contribution is 0.0683. The smallest absolute Gasteiger partial charge is 0.356 e. The summed E-state index contributed by atoms with van der Waals surface area (Å²) in [6.07, 6.45) is 2.43. The van der Waals surface area contributed by atoms with Gasteiger partial charge in [0.2, 0.25) is 0 Å². The number of nitrogens with zero attached hydrogens (tertiary/aromatic N) is 3. The molecule has 0 saturated carbocycles. The summed E-state index contributed by atoms with van der Waals surface area (Å²) >= 11 is 1.28. The average Bonchev–Trinajstić information content (AvgIpc) is 3.09. The van der Waals surface area contributed by atoms with Gasteiger partial charge >= 0.3 is 5.97 Å². The third-order valence-corrected chi connectivity index (χ3v) is 4.34. The fourth-order valence-corrected chi connectivity index (χ4v) is 3.02. The van der Waals surface area contributed by atoms with Gasteiger partial charge in [-0.1, -0.05) is 12.1 Å². The van der Waals surface area contributed by atoms with Crippen LogP contribution in [0, 0.1) is 0 Å². The molecule has 0 aliphatic carbocycles. The highest BCUT2D eigenvalue weighted by Gasteiger charge is 2.19. The minimum atomic E-state index is -1.34. The number of carbonyl (C=O) groups excluding carboxylic acids is 2. The fourth-order valence-electron chi connectivity index (χ4n) is 2.14. The lowest BCUT2D eigenvalue weighted by Crippen LogP contribution is -2.35. The largest absolute Gasteiger partial charge is 0.476 e. The van der Waals surface area contributed by atoms with Crippen LogP contribution in [0.4, 0.5) is 0 Å². The molecule has 132 valence electrons. The third kappa shape index (κ3) is 3.81. The van der Waals surface area contributed by atoms with Gasteiger partial charge in [0.15, 0.2) is 16.4 Å². The number of hydrogen-bond acceptors (Lipinski definition) is 7. The maximum Gasteiger partial charge on any atom is 0.356 e. The molecule has 0 aliphatic heterocycles. The Morgan fingerprint density at radius 1 is 0.962 bits per heavy atom. The molecule has 2 aromatic heterocycles. The third-order valence-electron chi connectivity index (χ3n) is 3.30. The topological polar surface area (TPSA) is 134 Å². The predicted octanol–water partition coefficient (Wildman–Crippen LogP) is 0.944. The van der Waals surface area contributed by atoms with Crippen LogP contribution in [0.25, 0.3) is 10.2 Å². The first kappa shape index (κ1) is 17.4. The van der Waals surface area contributed by atoms with Crippen LogP contribution in [0.2, 0.25) is 0 Å². The Kier molecular flexibility index (Phi) is 5.13. The number of thiazole rings is 1. The first-order valence-electron chi connectivity index (χ1n) is 7.52. The molecule has 0 fully saturated rings. The molecule has 0 aliphatic rings. The second-order valence-electron chi connectivity index (χ2n) is 5.06. The van der Waals surface area contributed by atoms with Crippen LogP contribution in [0.5, 0.6) is 0 Å². The quantitative estimate of drug-likeness (QED) is 0.549. The van der Waals surface area contributed by atoms with E-state index in [0.29, 0.717) is 5.01 Å². The van der Waals surface area contributed by atoms with Crippen LogP contribution in [0.15, 0.2) is 36.7 Å². The number of rotatable bonds is 6. The first-order chi connectivity index (χ1) is 12.6. The summed E-state index contributed by atoms with van der Waals surface area (Å²) in [4.78, 5) is 46.7. The maximum absolute atomic E-state index is 12.1. The fraction of sp³-hybridized carbons (Fsp3) is 0.125. The maximum atomic E-state index is 12.1. The van der Waals surface area contributed by atoms with E-state index < -0.39 is 17.6 Å². The van der Waals surface area contributed by atoms with Gasteiger partial charge in [0.25, 0.3) is 11.8 Å². The molecular formula is C16H13N5O4S. The summed E-state index contributed by atoms with van der Waals surface area (Å²) in [5.41, 5.74) is 0.0424.